The number of hydrogen-bond acceptors (Lipinski definition) is 7. The van der Waals surface area contributed by atoms with Crippen LogP contribution in [-0.4, -0.2) is 42.4 Å². The maximum Gasteiger partial charge on any atom is 0.232 e. The fraction of sp³-hybridized carbons (Fsp3) is 0.318. The van der Waals surface area contributed by atoms with Crippen LogP contribution >= 0.6 is 0 Å². The largest absolute Gasteiger partial charge is 0.493 e. The van der Waals surface area contributed by atoms with E-state index in [1.54, 1.807) is 4.90 Å². The molecular formula is C22H21N3O5. The van der Waals surface area contributed by atoms with Crippen molar-refractivity contribution in [1.82, 2.24) is 10.1 Å². The highest BCUT2D eigenvalue weighted by molar-refractivity contribution is 5.96. The molecule has 8 nitrogen and oxygen atoms in total. The smallest absolute Gasteiger partial charge is 0.232 e. The summed E-state index contributed by atoms with van der Waals surface area (Å²) in [5.41, 5.74) is 1.54. The second kappa shape index (κ2) is 7.70. The quantitative estimate of drug-likeness (QED) is 0.640. The van der Waals surface area contributed by atoms with E-state index < -0.39 is 0 Å². The number of nitrogens with zero attached hydrogens (tertiary/aromatic N) is 3. The van der Waals surface area contributed by atoms with Gasteiger partial charge in [0.2, 0.25) is 17.6 Å². The van der Waals surface area contributed by atoms with E-state index in [0.29, 0.717) is 61.7 Å². The summed E-state index contributed by atoms with van der Waals surface area (Å²) in [6, 6.07) is 13.1. The zero-order valence-electron chi connectivity index (χ0n) is 16.5. The van der Waals surface area contributed by atoms with E-state index in [2.05, 4.69) is 10.1 Å². The van der Waals surface area contributed by atoms with Gasteiger partial charge in [-0.15, -0.1) is 0 Å². The summed E-state index contributed by atoms with van der Waals surface area (Å²) in [4.78, 5) is 19.0. The predicted molar refractivity (Wildman–Crippen MR) is 108 cm³/mol. The molecule has 2 aliphatic rings. The van der Waals surface area contributed by atoms with Gasteiger partial charge in [0.1, 0.15) is 19.0 Å². The molecule has 1 saturated heterocycles. The first-order chi connectivity index (χ1) is 14.7. The summed E-state index contributed by atoms with van der Waals surface area (Å²) in [6.07, 6.45) is 0.309. The molecule has 0 radical (unpaired) electrons. The third kappa shape index (κ3) is 3.34. The van der Waals surface area contributed by atoms with E-state index in [1.165, 1.54) is 0 Å². The second-order valence-electron chi connectivity index (χ2n) is 7.12. The summed E-state index contributed by atoms with van der Waals surface area (Å²) in [5.74, 6) is 2.79. The average Bonchev–Trinajstić information content (AvgIpc) is 3.41. The Bertz CT molecular complexity index is 1080. The van der Waals surface area contributed by atoms with Gasteiger partial charge in [-0.1, -0.05) is 17.3 Å². The lowest BCUT2D eigenvalue weighted by Gasteiger charge is -2.22. The van der Waals surface area contributed by atoms with Crippen LogP contribution in [0.5, 0.6) is 17.2 Å². The van der Waals surface area contributed by atoms with Crippen molar-refractivity contribution in [2.24, 2.45) is 0 Å². The number of aromatic nitrogens is 2. The van der Waals surface area contributed by atoms with E-state index in [1.807, 2.05) is 49.4 Å². The fourth-order valence-electron chi connectivity index (χ4n) is 3.77. The lowest BCUT2D eigenvalue weighted by atomic mass is 10.1. The first-order valence-corrected chi connectivity index (χ1v) is 9.98. The molecule has 2 aromatic carbocycles. The van der Waals surface area contributed by atoms with Gasteiger partial charge in [-0.05, 0) is 31.2 Å². The Morgan fingerprint density at radius 1 is 1.13 bits per heavy atom. The molecule has 1 aromatic heterocycles. The van der Waals surface area contributed by atoms with Gasteiger partial charge >= 0.3 is 0 Å². The molecule has 0 bridgehead atoms. The van der Waals surface area contributed by atoms with E-state index in [-0.39, 0.29) is 11.8 Å². The van der Waals surface area contributed by atoms with Crippen LogP contribution in [0.1, 0.15) is 25.2 Å². The van der Waals surface area contributed by atoms with Crippen molar-refractivity contribution in [3.8, 4) is 28.6 Å². The maximum absolute atomic E-state index is 12.7. The molecule has 1 atom stereocenters. The number of ether oxygens (including phenoxy) is 3. The Kier molecular flexibility index (Phi) is 4.74. The highest BCUT2D eigenvalue weighted by atomic mass is 16.6. The minimum Gasteiger partial charge on any atom is -0.493 e. The second-order valence-corrected chi connectivity index (χ2v) is 7.12. The molecule has 3 heterocycles. The summed E-state index contributed by atoms with van der Waals surface area (Å²) in [5, 5.41) is 4.12. The zero-order chi connectivity index (χ0) is 20.5. The molecule has 2 aliphatic heterocycles. The van der Waals surface area contributed by atoms with Crippen molar-refractivity contribution in [1.29, 1.82) is 0 Å². The molecule has 0 spiro atoms. The number of carbonyl (C=O) groups is 1. The number of anilines is 1. The van der Waals surface area contributed by atoms with Gasteiger partial charge in [0.05, 0.1) is 18.1 Å². The Labute approximate surface area is 173 Å². The standard InChI is InChI=1S/C22H21N3O5/c1-2-27-17-6-4-3-5-16(17)21-23-22(30-24-21)14-11-20(26)25(13-14)15-7-8-18-19(12-15)29-10-9-28-18/h3-8,12,14H,2,9-11,13H2,1H3. The van der Waals surface area contributed by atoms with Crippen molar-refractivity contribution in [3.05, 3.63) is 48.4 Å². The molecule has 1 amide bonds. The predicted octanol–water partition coefficient (Wildman–Crippen LogP) is 3.43. The van der Waals surface area contributed by atoms with E-state index in [4.69, 9.17) is 18.7 Å². The lowest BCUT2D eigenvalue weighted by Crippen LogP contribution is -2.24. The molecule has 30 heavy (non-hydrogen) atoms. The first kappa shape index (κ1) is 18.5. The molecule has 0 saturated carbocycles. The fourth-order valence-corrected chi connectivity index (χ4v) is 3.77. The number of rotatable bonds is 5. The zero-order valence-corrected chi connectivity index (χ0v) is 16.5. The van der Waals surface area contributed by atoms with E-state index >= 15 is 0 Å². The van der Waals surface area contributed by atoms with Crippen LogP contribution in [0, 0.1) is 0 Å². The van der Waals surface area contributed by atoms with Crippen LogP contribution in [0.25, 0.3) is 11.4 Å². The molecular weight excluding hydrogens is 386 g/mol. The van der Waals surface area contributed by atoms with Gasteiger partial charge in [-0.3, -0.25) is 4.79 Å². The van der Waals surface area contributed by atoms with Crippen LogP contribution in [-0.2, 0) is 4.79 Å². The van der Waals surface area contributed by atoms with Crippen molar-refractivity contribution in [3.63, 3.8) is 0 Å². The summed E-state index contributed by atoms with van der Waals surface area (Å²) in [6.45, 7) is 3.97. The summed E-state index contributed by atoms with van der Waals surface area (Å²) in [7, 11) is 0. The van der Waals surface area contributed by atoms with Crippen LogP contribution in [0.4, 0.5) is 5.69 Å². The number of carbonyl (C=O) groups excluding carboxylic acids is 1. The van der Waals surface area contributed by atoms with Gasteiger partial charge in [0.15, 0.2) is 11.5 Å². The highest BCUT2D eigenvalue weighted by Gasteiger charge is 2.36. The van der Waals surface area contributed by atoms with Crippen molar-refractivity contribution in [2.75, 3.05) is 31.3 Å². The minimum atomic E-state index is -0.175. The topological polar surface area (TPSA) is 86.9 Å². The highest BCUT2D eigenvalue weighted by Crippen LogP contribution is 2.38. The number of para-hydroxylation sites is 1. The Hall–Kier alpha value is -3.55. The molecule has 0 aliphatic carbocycles. The van der Waals surface area contributed by atoms with Gasteiger partial charge < -0.3 is 23.6 Å². The Balaban J connectivity index is 1.37. The van der Waals surface area contributed by atoms with Crippen molar-refractivity contribution in [2.45, 2.75) is 19.3 Å². The van der Waals surface area contributed by atoms with Crippen LogP contribution in [0.2, 0.25) is 0 Å². The molecule has 154 valence electrons. The molecule has 0 N–H and O–H groups in total. The van der Waals surface area contributed by atoms with Gasteiger partial charge in [0, 0.05) is 24.7 Å². The minimum absolute atomic E-state index is 0.00569. The third-order valence-electron chi connectivity index (χ3n) is 5.18. The van der Waals surface area contributed by atoms with Gasteiger partial charge in [0.25, 0.3) is 0 Å². The SMILES string of the molecule is CCOc1ccccc1-c1noc(C2CC(=O)N(c3ccc4c(c3)OCCO4)C2)n1. The molecule has 5 rings (SSSR count). The third-order valence-corrected chi connectivity index (χ3v) is 5.18. The van der Waals surface area contributed by atoms with Gasteiger partial charge in [-0.25, -0.2) is 0 Å². The maximum atomic E-state index is 12.7. The van der Waals surface area contributed by atoms with Crippen molar-refractivity contribution < 1.29 is 23.5 Å². The van der Waals surface area contributed by atoms with Crippen LogP contribution < -0.4 is 19.1 Å². The normalized spacial score (nSPS) is 18.0. The van der Waals surface area contributed by atoms with Crippen LogP contribution in [0.3, 0.4) is 0 Å². The number of amides is 1. The molecule has 1 fully saturated rings. The first-order valence-electron chi connectivity index (χ1n) is 9.98. The lowest BCUT2D eigenvalue weighted by molar-refractivity contribution is -0.117. The molecule has 1 unspecified atom stereocenters. The monoisotopic (exact) mass is 407 g/mol. The Morgan fingerprint density at radius 3 is 2.83 bits per heavy atom. The molecule has 3 aromatic rings. The number of hydrogen-bond donors (Lipinski definition) is 0. The molecule has 8 heteroatoms. The Morgan fingerprint density at radius 2 is 1.97 bits per heavy atom. The number of fused-ring (bicyclic) bond motifs is 1. The van der Waals surface area contributed by atoms with Crippen LogP contribution in [0.15, 0.2) is 47.0 Å². The summed E-state index contributed by atoms with van der Waals surface area (Å²) >= 11 is 0. The average molecular weight is 407 g/mol. The van der Waals surface area contributed by atoms with Gasteiger partial charge in [-0.2, -0.15) is 4.98 Å². The van der Waals surface area contributed by atoms with E-state index in [0.717, 1.165) is 11.3 Å². The number of benzene rings is 2. The summed E-state index contributed by atoms with van der Waals surface area (Å²) < 4.78 is 22.4. The van der Waals surface area contributed by atoms with Crippen molar-refractivity contribution >= 4 is 11.6 Å². The van der Waals surface area contributed by atoms with E-state index in [9.17, 15) is 4.79 Å².